The highest BCUT2D eigenvalue weighted by molar-refractivity contribution is 14.1. The monoisotopic (exact) mass is 436 g/mol. The summed E-state index contributed by atoms with van der Waals surface area (Å²) in [6.45, 7) is 1.11. The lowest BCUT2D eigenvalue weighted by Gasteiger charge is -2.31. The Bertz CT molecular complexity index is 521. The van der Waals surface area contributed by atoms with Crippen molar-refractivity contribution in [1.82, 2.24) is 4.90 Å². The van der Waals surface area contributed by atoms with Gasteiger partial charge >= 0.3 is 0 Å². The van der Waals surface area contributed by atoms with Crippen molar-refractivity contribution in [1.29, 1.82) is 0 Å². The van der Waals surface area contributed by atoms with Gasteiger partial charge in [0, 0.05) is 21.1 Å². The normalized spacial score (nSPS) is 19.3. The second-order valence-electron chi connectivity index (χ2n) is 4.62. The van der Waals surface area contributed by atoms with Crippen LogP contribution in [0.25, 0.3) is 0 Å². The largest absolute Gasteiger partial charge is 0.369 e. The molecule has 1 aliphatic heterocycles. The van der Waals surface area contributed by atoms with Crippen LogP contribution in [0.15, 0.2) is 22.7 Å². The molecule has 0 radical (unpaired) electrons. The van der Waals surface area contributed by atoms with Crippen molar-refractivity contribution < 1.29 is 9.59 Å². The van der Waals surface area contributed by atoms with Gasteiger partial charge in [0.25, 0.3) is 5.91 Å². The number of nitrogens with zero attached hydrogens (tertiary/aromatic N) is 1. The number of hydrogen-bond donors (Lipinski definition) is 1. The molecule has 0 aliphatic carbocycles. The van der Waals surface area contributed by atoms with E-state index in [-0.39, 0.29) is 17.7 Å². The molecule has 0 spiro atoms. The minimum atomic E-state index is -0.318. The molecule has 1 saturated heterocycles. The number of carbonyl (C=O) groups is 2. The highest BCUT2D eigenvalue weighted by Gasteiger charge is 2.28. The van der Waals surface area contributed by atoms with Crippen molar-refractivity contribution in [3.05, 3.63) is 31.8 Å². The fourth-order valence-electron chi connectivity index (χ4n) is 2.23. The third-order valence-corrected chi connectivity index (χ3v) is 4.70. The first-order chi connectivity index (χ1) is 8.99. The second kappa shape index (κ2) is 6.21. The average molecular weight is 437 g/mol. The summed E-state index contributed by atoms with van der Waals surface area (Å²) in [4.78, 5) is 25.5. The van der Waals surface area contributed by atoms with Crippen LogP contribution < -0.4 is 5.73 Å². The number of nitrogens with two attached hydrogens (primary N) is 1. The molecule has 1 aliphatic rings. The first-order valence-corrected chi connectivity index (χ1v) is 7.90. The number of rotatable bonds is 2. The van der Waals surface area contributed by atoms with Gasteiger partial charge in [0.2, 0.25) is 5.91 Å². The van der Waals surface area contributed by atoms with Gasteiger partial charge in [0.05, 0.1) is 11.5 Å². The number of likely N-dealkylation sites (tertiary alicyclic amines) is 1. The van der Waals surface area contributed by atoms with Gasteiger partial charge in [-0.2, -0.15) is 0 Å². The Balaban J connectivity index is 2.19. The van der Waals surface area contributed by atoms with Gasteiger partial charge < -0.3 is 10.6 Å². The highest BCUT2D eigenvalue weighted by atomic mass is 127. The molecule has 0 aromatic heterocycles. The minimum absolute atomic E-state index is 0.0309. The van der Waals surface area contributed by atoms with Crippen LogP contribution in [-0.2, 0) is 4.79 Å². The molecule has 2 N–H and O–H groups in total. The third-order valence-electron chi connectivity index (χ3n) is 3.27. The molecule has 19 heavy (non-hydrogen) atoms. The van der Waals surface area contributed by atoms with Gasteiger partial charge in [-0.15, -0.1) is 0 Å². The van der Waals surface area contributed by atoms with E-state index >= 15 is 0 Å². The van der Waals surface area contributed by atoms with Crippen LogP contribution >= 0.6 is 38.5 Å². The Morgan fingerprint density at radius 2 is 2.16 bits per heavy atom. The van der Waals surface area contributed by atoms with E-state index in [1.807, 2.05) is 18.2 Å². The molecular formula is C13H14BrIN2O2. The Kier molecular flexibility index (Phi) is 4.83. The summed E-state index contributed by atoms with van der Waals surface area (Å²) in [5, 5.41) is 0. The van der Waals surface area contributed by atoms with Crippen molar-refractivity contribution in [3.8, 4) is 0 Å². The predicted molar refractivity (Wildman–Crippen MR) is 84.7 cm³/mol. The summed E-state index contributed by atoms with van der Waals surface area (Å²) in [7, 11) is 0. The van der Waals surface area contributed by atoms with Crippen molar-refractivity contribution in [3.63, 3.8) is 0 Å². The maximum Gasteiger partial charge on any atom is 0.254 e. The Labute approximate surface area is 134 Å². The summed E-state index contributed by atoms with van der Waals surface area (Å²) < 4.78 is 1.78. The zero-order chi connectivity index (χ0) is 14.0. The molecule has 2 amide bonds. The molecule has 1 heterocycles. The first kappa shape index (κ1) is 14.8. The number of amides is 2. The van der Waals surface area contributed by atoms with Crippen LogP contribution in [-0.4, -0.2) is 29.8 Å². The molecule has 1 aromatic rings. The van der Waals surface area contributed by atoms with E-state index in [2.05, 4.69) is 38.5 Å². The molecule has 6 heteroatoms. The lowest BCUT2D eigenvalue weighted by Crippen LogP contribution is -2.44. The van der Waals surface area contributed by atoms with Gasteiger partial charge in [-0.1, -0.05) is 15.9 Å². The van der Waals surface area contributed by atoms with Crippen molar-refractivity contribution in [2.24, 2.45) is 11.7 Å². The van der Waals surface area contributed by atoms with Crippen molar-refractivity contribution in [2.45, 2.75) is 12.8 Å². The fourth-order valence-corrected chi connectivity index (χ4v) is 3.15. The maximum absolute atomic E-state index is 12.5. The summed E-state index contributed by atoms with van der Waals surface area (Å²) in [5.74, 6) is -0.569. The van der Waals surface area contributed by atoms with Gasteiger partial charge in [-0.05, 0) is 53.6 Å². The van der Waals surface area contributed by atoms with Crippen molar-refractivity contribution in [2.75, 3.05) is 13.1 Å². The molecule has 0 bridgehead atoms. The predicted octanol–water partition coefficient (Wildman–Crippen LogP) is 2.39. The van der Waals surface area contributed by atoms with Crippen LogP contribution in [0.3, 0.4) is 0 Å². The quantitative estimate of drug-likeness (QED) is 0.723. The average Bonchev–Trinajstić information content (AvgIpc) is 2.41. The highest BCUT2D eigenvalue weighted by Crippen LogP contribution is 2.23. The smallest absolute Gasteiger partial charge is 0.254 e. The van der Waals surface area contributed by atoms with Crippen LogP contribution in [0.5, 0.6) is 0 Å². The molecule has 1 unspecified atom stereocenters. The Morgan fingerprint density at radius 3 is 2.84 bits per heavy atom. The maximum atomic E-state index is 12.5. The van der Waals surface area contributed by atoms with E-state index in [0.29, 0.717) is 18.7 Å². The summed E-state index contributed by atoms with van der Waals surface area (Å²) in [6.07, 6.45) is 1.60. The number of benzene rings is 1. The van der Waals surface area contributed by atoms with Crippen LogP contribution in [0.1, 0.15) is 23.2 Å². The van der Waals surface area contributed by atoms with Crippen LogP contribution in [0.2, 0.25) is 0 Å². The van der Waals surface area contributed by atoms with E-state index in [4.69, 9.17) is 5.73 Å². The van der Waals surface area contributed by atoms with Gasteiger partial charge in [-0.25, -0.2) is 0 Å². The van der Waals surface area contributed by atoms with E-state index < -0.39 is 0 Å². The Morgan fingerprint density at radius 1 is 1.42 bits per heavy atom. The number of carbonyl (C=O) groups excluding carboxylic acids is 2. The van der Waals surface area contributed by atoms with Crippen LogP contribution in [0, 0.1) is 9.49 Å². The molecule has 1 fully saturated rings. The number of piperidine rings is 1. The molecule has 2 rings (SSSR count). The molecule has 4 nitrogen and oxygen atoms in total. The molecule has 0 saturated carbocycles. The zero-order valence-corrected chi connectivity index (χ0v) is 14.0. The number of primary amides is 1. The zero-order valence-electron chi connectivity index (χ0n) is 10.2. The summed E-state index contributed by atoms with van der Waals surface area (Å²) in [5.41, 5.74) is 6.00. The second-order valence-corrected chi connectivity index (χ2v) is 6.69. The topological polar surface area (TPSA) is 63.4 Å². The lowest BCUT2D eigenvalue weighted by atomic mass is 9.97. The number of hydrogen-bond acceptors (Lipinski definition) is 2. The van der Waals surface area contributed by atoms with E-state index in [1.54, 1.807) is 4.90 Å². The fraction of sp³-hybridized carbons (Fsp3) is 0.385. The molecule has 1 aromatic carbocycles. The standard InChI is InChI=1S/C13H14BrIN2O2/c14-9-3-4-11(15)10(6-9)13(19)17-5-1-2-8(7-17)12(16)18/h3-4,6,8H,1-2,5,7H2,(H2,16,18). The summed E-state index contributed by atoms with van der Waals surface area (Å²) >= 11 is 5.52. The van der Waals surface area contributed by atoms with Crippen LogP contribution in [0.4, 0.5) is 0 Å². The third kappa shape index (κ3) is 3.47. The van der Waals surface area contributed by atoms with E-state index in [9.17, 15) is 9.59 Å². The summed E-state index contributed by atoms with van der Waals surface area (Å²) in [6, 6.07) is 5.62. The SMILES string of the molecule is NC(=O)C1CCCN(C(=O)c2cc(Br)ccc2I)C1. The van der Waals surface area contributed by atoms with Crippen molar-refractivity contribution >= 4 is 50.3 Å². The van der Waals surface area contributed by atoms with E-state index in [1.165, 1.54) is 0 Å². The van der Waals surface area contributed by atoms with Gasteiger partial charge in [0.15, 0.2) is 0 Å². The van der Waals surface area contributed by atoms with E-state index in [0.717, 1.165) is 20.9 Å². The molecular weight excluding hydrogens is 423 g/mol. The Hall–Kier alpha value is -0.630. The first-order valence-electron chi connectivity index (χ1n) is 6.02. The van der Waals surface area contributed by atoms with Gasteiger partial charge in [-0.3, -0.25) is 9.59 Å². The van der Waals surface area contributed by atoms with Gasteiger partial charge in [0.1, 0.15) is 0 Å². The minimum Gasteiger partial charge on any atom is -0.369 e. The number of halogens is 2. The molecule has 102 valence electrons. The molecule has 1 atom stereocenters. The lowest BCUT2D eigenvalue weighted by molar-refractivity contribution is -0.123.